The van der Waals surface area contributed by atoms with Crippen molar-refractivity contribution < 1.29 is 14.3 Å². The zero-order valence-electron chi connectivity index (χ0n) is 15.0. The average molecular weight is 364 g/mol. The summed E-state index contributed by atoms with van der Waals surface area (Å²) in [6, 6.07) is 5.26. The van der Waals surface area contributed by atoms with Crippen LogP contribution < -0.4 is 14.8 Å². The quantitative estimate of drug-likeness (QED) is 0.689. The standard InChI is InChI=1S/C17H24N4O3S/c1-5-9-21-15(6-2)19-20-17(21)25-11-16(22)18-13-8-7-12(23-3)10-14(13)24-4/h7-8,10H,5-6,9,11H2,1-4H3,(H,18,22). The molecule has 2 rings (SSSR count). The lowest BCUT2D eigenvalue weighted by Crippen LogP contribution is -2.15. The Labute approximate surface area is 152 Å². The number of aryl methyl sites for hydroxylation is 1. The number of amides is 1. The molecule has 8 heteroatoms. The summed E-state index contributed by atoms with van der Waals surface area (Å²) in [5, 5.41) is 12.0. The monoisotopic (exact) mass is 364 g/mol. The predicted octanol–water partition coefficient (Wildman–Crippen LogP) is 3.00. The Bertz CT molecular complexity index is 718. The van der Waals surface area contributed by atoms with Crippen molar-refractivity contribution in [3.8, 4) is 11.5 Å². The fourth-order valence-electron chi connectivity index (χ4n) is 2.35. The van der Waals surface area contributed by atoms with Crippen molar-refractivity contribution in [2.24, 2.45) is 0 Å². The van der Waals surface area contributed by atoms with Crippen molar-refractivity contribution in [2.45, 2.75) is 38.4 Å². The lowest BCUT2D eigenvalue weighted by molar-refractivity contribution is -0.113. The van der Waals surface area contributed by atoms with E-state index in [4.69, 9.17) is 9.47 Å². The first-order valence-electron chi connectivity index (χ1n) is 8.19. The molecular weight excluding hydrogens is 340 g/mol. The van der Waals surface area contributed by atoms with E-state index < -0.39 is 0 Å². The Morgan fingerprint density at radius 1 is 1.24 bits per heavy atom. The van der Waals surface area contributed by atoms with Crippen LogP contribution in [0.25, 0.3) is 0 Å². The number of benzene rings is 1. The van der Waals surface area contributed by atoms with Crippen molar-refractivity contribution in [1.82, 2.24) is 14.8 Å². The van der Waals surface area contributed by atoms with E-state index in [9.17, 15) is 4.79 Å². The van der Waals surface area contributed by atoms with Gasteiger partial charge in [-0.2, -0.15) is 0 Å². The average Bonchev–Trinajstić information content (AvgIpc) is 3.02. The smallest absolute Gasteiger partial charge is 0.234 e. The van der Waals surface area contributed by atoms with Gasteiger partial charge in [0, 0.05) is 19.0 Å². The van der Waals surface area contributed by atoms with Gasteiger partial charge in [-0.25, -0.2) is 0 Å². The second kappa shape index (κ2) is 9.31. The minimum atomic E-state index is -0.127. The van der Waals surface area contributed by atoms with Gasteiger partial charge in [-0.3, -0.25) is 4.79 Å². The fraction of sp³-hybridized carbons (Fsp3) is 0.471. The van der Waals surface area contributed by atoms with Gasteiger partial charge in [-0.1, -0.05) is 25.6 Å². The molecule has 1 N–H and O–H groups in total. The van der Waals surface area contributed by atoms with Gasteiger partial charge in [0.05, 0.1) is 25.7 Å². The first-order valence-corrected chi connectivity index (χ1v) is 9.18. The molecule has 0 radical (unpaired) electrons. The van der Waals surface area contributed by atoms with Crippen LogP contribution in [0.15, 0.2) is 23.4 Å². The van der Waals surface area contributed by atoms with Gasteiger partial charge in [-0.15, -0.1) is 10.2 Å². The van der Waals surface area contributed by atoms with Crippen molar-refractivity contribution in [2.75, 3.05) is 25.3 Å². The molecule has 0 aliphatic heterocycles. The molecule has 136 valence electrons. The predicted molar refractivity (Wildman–Crippen MR) is 98.6 cm³/mol. The van der Waals surface area contributed by atoms with Crippen molar-refractivity contribution in [1.29, 1.82) is 0 Å². The Kier molecular flexibility index (Phi) is 7.12. The van der Waals surface area contributed by atoms with E-state index in [1.165, 1.54) is 11.8 Å². The summed E-state index contributed by atoms with van der Waals surface area (Å²) in [4.78, 5) is 12.3. The maximum Gasteiger partial charge on any atom is 0.234 e. The van der Waals surface area contributed by atoms with Crippen LogP contribution in [-0.4, -0.2) is 40.6 Å². The molecule has 1 aromatic carbocycles. The van der Waals surface area contributed by atoms with Crippen molar-refractivity contribution in [3.05, 3.63) is 24.0 Å². The van der Waals surface area contributed by atoms with Crippen LogP contribution in [0.3, 0.4) is 0 Å². The van der Waals surface area contributed by atoms with E-state index in [1.807, 2.05) is 6.92 Å². The second-order valence-electron chi connectivity index (χ2n) is 5.31. The molecule has 0 unspecified atom stereocenters. The second-order valence-corrected chi connectivity index (χ2v) is 6.25. The Morgan fingerprint density at radius 3 is 2.68 bits per heavy atom. The molecule has 1 aromatic heterocycles. The third-order valence-electron chi connectivity index (χ3n) is 3.57. The summed E-state index contributed by atoms with van der Waals surface area (Å²) in [5.41, 5.74) is 0.609. The zero-order chi connectivity index (χ0) is 18.2. The van der Waals surface area contributed by atoms with Gasteiger partial charge in [0.25, 0.3) is 0 Å². The largest absolute Gasteiger partial charge is 0.497 e. The highest BCUT2D eigenvalue weighted by Gasteiger charge is 2.14. The molecule has 0 atom stereocenters. The maximum absolute atomic E-state index is 12.3. The number of nitrogens with one attached hydrogen (secondary N) is 1. The number of hydrogen-bond donors (Lipinski definition) is 1. The number of thioether (sulfide) groups is 1. The first kappa shape index (κ1) is 19.1. The Morgan fingerprint density at radius 2 is 2.04 bits per heavy atom. The number of methoxy groups -OCH3 is 2. The van der Waals surface area contributed by atoms with Gasteiger partial charge in [0.15, 0.2) is 5.16 Å². The molecule has 1 heterocycles. The molecule has 0 aliphatic carbocycles. The summed E-state index contributed by atoms with van der Waals surface area (Å²) in [6.07, 6.45) is 1.82. The molecule has 0 spiro atoms. The molecule has 0 fully saturated rings. The van der Waals surface area contributed by atoms with Gasteiger partial charge >= 0.3 is 0 Å². The lowest BCUT2D eigenvalue weighted by atomic mass is 10.2. The number of carbonyl (C=O) groups is 1. The van der Waals surface area contributed by atoms with E-state index in [-0.39, 0.29) is 11.7 Å². The number of anilines is 1. The zero-order valence-corrected chi connectivity index (χ0v) is 15.9. The van der Waals surface area contributed by atoms with E-state index in [2.05, 4.69) is 27.0 Å². The van der Waals surface area contributed by atoms with Crippen molar-refractivity contribution >= 4 is 23.4 Å². The van der Waals surface area contributed by atoms with Crippen LogP contribution in [0, 0.1) is 0 Å². The lowest BCUT2D eigenvalue weighted by Gasteiger charge is -2.12. The van der Waals surface area contributed by atoms with Gasteiger partial charge < -0.3 is 19.4 Å². The van der Waals surface area contributed by atoms with Crippen LogP contribution in [-0.2, 0) is 17.8 Å². The summed E-state index contributed by atoms with van der Waals surface area (Å²) in [5.74, 6) is 2.30. The summed E-state index contributed by atoms with van der Waals surface area (Å²) in [7, 11) is 3.14. The molecule has 1 amide bonds. The summed E-state index contributed by atoms with van der Waals surface area (Å²) < 4.78 is 12.5. The van der Waals surface area contributed by atoms with E-state index >= 15 is 0 Å². The molecular formula is C17H24N4O3S. The van der Waals surface area contributed by atoms with Crippen LogP contribution in [0.2, 0.25) is 0 Å². The van der Waals surface area contributed by atoms with Crippen LogP contribution in [0.1, 0.15) is 26.1 Å². The summed E-state index contributed by atoms with van der Waals surface area (Å²) in [6.45, 7) is 5.01. The minimum Gasteiger partial charge on any atom is -0.497 e. The third kappa shape index (κ3) is 4.88. The highest BCUT2D eigenvalue weighted by Crippen LogP contribution is 2.29. The van der Waals surface area contributed by atoms with E-state index in [1.54, 1.807) is 32.4 Å². The van der Waals surface area contributed by atoms with Crippen molar-refractivity contribution in [3.63, 3.8) is 0 Å². The Balaban J connectivity index is 2.01. The number of hydrogen-bond acceptors (Lipinski definition) is 6. The molecule has 0 aliphatic rings. The maximum atomic E-state index is 12.3. The molecule has 7 nitrogen and oxygen atoms in total. The first-order chi connectivity index (χ1) is 12.1. The third-order valence-corrected chi connectivity index (χ3v) is 4.54. The van der Waals surface area contributed by atoms with E-state index in [0.29, 0.717) is 17.2 Å². The van der Waals surface area contributed by atoms with E-state index in [0.717, 1.165) is 30.4 Å². The number of carbonyl (C=O) groups excluding carboxylic acids is 1. The van der Waals surface area contributed by atoms with Crippen LogP contribution in [0.4, 0.5) is 5.69 Å². The van der Waals surface area contributed by atoms with Gasteiger partial charge in [-0.05, 0) is 18.6 Å². The number of ether oxygens (including phenoxy) is 2. The molecule has 0 saturated heterocycles. The highest BCUT2D eigenvalue weighted by molar-refractivity contribution is 7.99. The molecule has 0 saturated carbocycles. The van der Waals surface area contributed by atoms with Crippen LogP contribution in [0.5, 0.6) is 11.5 Å². The summed E-state index contributed by atoms with van der Waals surface area (Å²) >= 11 is 1.38. The SMILES string of the molecule is CCCn1c(CC)nnc1SCC(=O)Nc1ccc(OC)cc1OC. The minimum absolute atomic E-state index is 0.127. The van der Waals surface area contributed by atoms with Crippen LogP contribution >= 0.6 is 11.8 Å². The Hall–Kier alpha value is -2.22. The number of aromatic nitrogens is 3. The number of rotatable bonds is 9. The molecule has 0 bridgehead atoms. The molecule has 25 heavy (non-hydrogen) atoms. The van der Waals surface area contributed by atoms with Gasteiger partial charge in [0.2, 0.25) is 5.91 Å². The highest BCUT2D eigenvalue weighted by atomic mass is 32.2. The molecule has 2 aromatic rings. The van der Waals surface area contributed by atoms with Gasteiger partial charge in [0.1, 0.15) is 17.3 Å². The number of nitrogens with zero attached hydrogens (tertiary/aromatic N) is 3. The fourth-order valence-corrected chi connectivity index (χ4v) is 3.14. The topological polar surface area (TPSA) is 78.3 Å². The normalized spacial score (nSPS) is 10.6.